The molecule has 20 heteroatoms. The van der Waals surface area contributed by atoms with Gasteiger partial charge in [0.25, 0.3) is 5.69 Å². The molecule has 18 nitrogen and oxygen atoms in total. The second-order valence-corrected chi connectivity index (χ2v) is 11.0. The number of aromatic nitrogens is 4. The number of aliphatic hydroxyl groups excluding tert-OH is 2. The summed E-state index contributed by atoms with van der Waals surface area (Å²) in [6, 6.07) is 5.21. The molecule has 0 saturated carbocycles. The molecule has 38 heavy (non-hydrogen) atoms. The number of aliphatic hydroxyl groups is 2. The van der Waals surface area contributed by atoms with Gasteiger partial charge in [-0.2, -0.15) is 4.31 Å². The van der Waals surface area contributed by atoms with Crippen molar-refractivity contribution in [2.45, 2.75) is 37.6 Å². The van der Waals surface area contributed by atoms with Gasteiger partial charge in [0, 0.05) is 6.07 Å². The Bertz CT molecular complexity index is 1440. The van der Waals surface area contributed by atoms with Crippen LogP contribution in [-0.4, -0.2) is 69.4 Å². The van der Waals surface area contributed by atoms with Crippen LogP contribution in [0.1, 0.15) is 24.8 Å². The molecule has 1 saturated heterocycles. The molecule has 1 aliphatic heterocycles. The van der Waals surface area contributed by atoms with E-state index in [0.717, 1.165) is 12.4 Å². The monoisotopic (exact) mass is 576 g/mol. The van der Waals surface area contributed by atoms with Gasteiger partial charge in [-0.25, -0.2) is 24.1 Å². The lowest BCUT2D eigenvalue weighted by atomic mass is 10.1. The molecule has 3 aromatic rings. The van der Waals surface area contributed by atoms with Crippen LogP contribution in [0, 0.1) is 10.1 Å². The third-order valence-corrected chi connectivity index (χ3v) is 8.18. The smallest absolute Gasteiger partial charge is 0.387 e. The largest absolute Gasteiger partial charge is 0.481 e. The maximum atomic E-state index is 12.3. The number of hydrogen-bond acceptors (Lipinski definition) is 14. The van der Waals surface area contributed by atoms with Gasteiger partial charge in [-0.15, -0.1) is 0 Å². The van der Waals surface area contributed by atoms with E-state index < -0.39 is 63.5 Å². The van der Waals surface area contributed by atoms with Gasteiger partial charge in [-0.05, 0) is 13.0 Å². The summed E-state index contributed by atoms with van der Waals surface area (Å²) < 4.78 is 45.2. The number of ether oxygens (including phenoxy) is 1. The lowest BCUT2D eigenvalue weighted by Gasteiger charge is -2.21. The first-order valence-corrected chi connectivity index (χ1v) is 13.7. The van der Waals surface area contributed by atoms with Crippen LogP contribution in [0.15, 0.2) is 36.9 Å². The van der Waals surface area contributed by atoms with E-state index in [1.807, 2.05) is 0 Å². The van der Waals surface area contributed by atoms with Crippen molar-refractivity contribution in [3.8, 4) is 0 Å². The molecule has 4 rings (SSSR count). The highest BCUT2D eigenvalue weighted by atomic mass is 31.3. The normalized spacial score (nSPS) is 25.6. The Labute approximate surface area is 213 Å². The molecule has 3 unspecified atom stereocenters. The van der Waals surface area contributed by atoms with E-state index in [1.54, 1.807) is 0 Å². The minimum absolute atomic E-state index is 0.0619. The maximum absolute atomic E-state index is 12.3. The van der Waals surface area contributed by atoms with Gasteiger partial charge in [0.05, 0.1) is 29.5 Å². The maximum Gasteiger partial charge on any atom is 0.481 e. The number of nitro groups is 1. The van der Waals surface area contributed by atoms with Crippen LogP contribution >= 0.6 is 15.6 Å². The van der Waals surface area contributed by atoms with Crippen LogP contribution in [-0.2, 0) is 27.2 Å². The fourth-order valence-corrected chi connectivity index (χ4v) is 5.98. The van der Waals surface area contributed by atoms with E-state index in [1.165, 1.54) is 36.0 Å². The zero-order valence-electron chi connectivity index (χ0n) is 19.3. The Hall–Kier alpha value is -2.89. The summed E-state index contributed by atoms with van der Waals surface area (Å²) in [5.41, 5.74) is 5.61. The standard InChI is InChI=1S/C18H22N6O12P2/c1-9(10-4-2-3-5-11(10)24(27)28)35-38(31,32)36-37(29,30)33-6-12-14(25)15(26)18(34-12)23-8-22-13-16(19)20-7-21-17(13)23/h2-5,7-9,12,14-15,18,25-26H,6H2,1H3,(H,29,30)(H,31,32)(H2,19,20,21)/t9?,12-,14-,15-,18-/m1/s1. The van der Waals surface area contributed by atoms with Crippen molar-refractivity contribution in [1.29, 1.82) is 0 Å². The lowest BCUT2D eigenvalue weighted by Crippen LogP contribution is -2.33. The molecule has 0 amide bonds. The SMILES string of the molecule is CC(OP(=O)(O)OP(=O)(O)OC[C@H]1O[C@@H](n2cnc3c(N)ncnc32)[C@H](O)[C@@H]1O)c1ccccc1[N+](=O)[O-]. The molecule has 0 aliphatic carbocycles. The van der Waals surface area contributed by atoms with Crippen LogP contribution in [0.25, 0.3) is 11.2 Å². The molecule has 6 N–H and O–H groups in total. The molecule has 206 valence electrons. The van der Waals surface area contributed by atoms with Gasteiger partial charge in [0.15, 0.2) is 17.7 Å². The Morgan fingerprint density at radius 1 is 1.18 bits per heavy atom. The number of phosphoric acid groups is 2. The number of rotatable bonds is 10. The van der Waals surface area contributed by atoms with E-state index in [9.17, 15) is 39.2 Å². The molecule has 0 spiro atoms. The van der Waals surface area contributed by atoms with Gasteiger partial charge in [-0.3, -0.25) is 23.7 Å². The number of nitrogens with zero attached hydrogens (tertiary/aromatic N) is 5. The van der Waals surface area contributed by atoms with Crippen LogP contribution in [0.2, 0.25) is 0 Å². The fourth-order valence-electron chi connectivity index (χ4n) is 3.75. The van der Waals surface area contributed by atoms with Crippen LogP contribution < -0.4 is 5.73 Å². The number of imidazole rings is 1. The predicted molar refractivity (Wildman–Crippen MR) is 125 cm³/mol. The van der Waals surface area contributed by atoms with Crippen molar-refractivity contribution in [2.24, 2.45) is 0 Å². The first-order valence-electron chi connectivity index (χ1n) is 10.7. The quantitative estimate of drug-likeness (QED) is 0.128. The number of phosphoric ester groups is 2. The molecule has 1 aromatic carbocycles. The zero-order valence-corrected chi connectivity index (χ0v) is 21.1. The molecule has 2 aromatic heterocycles. The molecule has 0 radical (unpaired) electrons. The molecule has 1 fully saturated rings. The van der Waals surface area contributed by atoms with Crippen molar-refractivity contribution in [3.63, 3.8) is 0 Å². The van der Waals surface area contributed by atoms with E-state index in [0.29, 0.717) is 0 Å². The Morgan fingerprint density at radius 3 is 2.61 bits per heavy atom. The second kappa shape index (κ2) is 10.7. The van der Waals surface area contributed by atoms with Gasteiger partial charge in [0.1, 0.15) is 30.2 Å². The summed E-state index contributed by atoms with van der Waals surface area (Å²) in [5.74, 6) is 0.0619. The summed E-state index contributed by atoms with van der Waals surface area (Å²) in [5, 5.41) is 32.0. The molecule has 3 heterocycles. The molecule has 1 aliphatic rings. The number of fused-ring (bicyclic) bond motifs is 1. The average Bonchev–Trinajstić information content (AvgIpc) is 3.38. The Morgan fingerprint density at radius 2 is 1.89 bits per heavy atom. The molecule has 0 bridgehead atoms. The summed E-state index contributed by atoms with van der Waals surface area (Å²) in [7, 11) is -10.6. The minimum Gasteiger partial charge on any atom is -0.387 e. The average molecular weight is 576 g/mol. The van der Waals surface area contributed by atoms with Crippen molar-refractivity contribution < 1.29 is 52.1 Å². The number of benzene rings is 1. The lowest BCUT2D eigenvalue weighted by molar-refractivity contribution is -0.386. The third kappa shape index (κ3) is 5.89. The number of anilines is 1. The van der Waals surface area contributed by atoms with Gasteiger partial charge in [0.2, 0.25) is 0 Å². The summed E-state index contributed by atoms with van der Waals surface area (Å²) in [6.07, 6.45) is -4.87. The van der Waals surface area contributed by atoms with Gasteiger partial charge < -0.3 is 30.5 Å². The van der Waals surface area contributed by atoms with Crippen LogP contribution in [0.5, 0.6) is 0 Å². The van der Waals surface area contributed by atoms with Crippen molar-refractivity contribution in [3.05, 3.63) is 52.6 Å². The highest BCUT2D eigenvalue weighted by Crippen LogP contribution is 2.62. The number of para-hydroxylation sites is 1. The van der Waals surface area contributed by atoms with Crippen molar-refractivity contribution in [1.82, 2.24) is 19.5 Å². The topological polar surface area (TPSA) is 265 Å². The highest BCUT2D eigenvalue weighted by Gasteiger charge is 2.46. The molecular formula is C18H22N6O12P2. The Kier molecular flexibility index (Phi) is 7.92. The number of nitro benzene ring substituents is 1. The first-order chi connectivity index (χ1) is 17.8. The van der Waals surface area contributed by atoms with Crippen molar-refractivity contribution >= 4 is 38.3 Å². The molecular weight excluding hydrogens is 554 g/mol. The van der Waals surface area contributed by atoms with Gasteiger partial charge >= 0.3 is 15.6 Å². The van der Waals surface area contributed by atoms with E-state index in [-0.39, 0.29) is 22.5 Å². The minimum atomic E-state index is -5.32. The van der Waals surface area contributed by atoms with Gasteiger partial charge in [-0.1, -0.05) is 12.1 Å². The number of hydrogen-bond donors (Lipinski definition) is 5. The third-order valence-electron chi connectivity index (χ3n) is 5.47. The second-order valence-electron chi connectivity index (χ2n) is 8.01. The van der Waals surface area contributed by atoms with Crippen molar-refractivity contribution in [2.75, 3.05) is 12.3 Å². The fraction of sp³-hybridized carbons (Fsp3) is 0.389. The summed E-state index contributed by atoms with van der Waals surface area (Å²) in [4.78, 5) is 42.2. The highest BCUT2D eigenvalue weighted by molar-refractivity contribution is 7.61. The van der Waals surface area contributed by atoms with E-state index in [2.05, 4.69) is 19.3 Å². The predicted octanol–water partition coefficient (Wildman–Crippen LogP) is 0.948. The summed E-state index contributed by atoms with van der Waals surface area (Å²) >= 11 is 0. The Balaban J connectivity index is 1.40. The number of nitrogens with two attached hydrogens (primary N) is 1. The first kappa shape index (κ1) is 28.1. The number of nitrogen functional groups attached to an aromatic ring is 1. The van der Waals surface area contributed by atoms with Crippen LogP contribution in [0.4, 0.5) is 11.5 Å². The van der Waals surface area contributed by atoms with Crippen LogP contribution in [0.3, 0.4) is 0 Å². The zero-order chi connectivity index (χ0) is 27.8. The van der Waals surface area contributed by atoms with E-state index >= 15 is 0 Å². The summed E-state index contributed by atoms with van der Waals surface area (Å²) in [6.45, 7) is 0.326. The molecule has 7 atom stereocenters. The van der Waals surface area contributed by atoms with E-state index in [4.69, 9.17) is 19.5 Å².